The third-order valence-corrected chi connectivity index (χ3v) is 2.76. The molecule has 0 atom stereocenters. The van der Waals surface area contributed by atoms with Crippen molar-refractivity contribution in [3.8, 4) is 0 Å². The second kappa shape index (κ2) is 9.24. The quantitative estimate of drug-likeness (QED) is 0.478. The van der Waals surface area contributed by atoms with Gasteiger partial charge in [0, 0.05) is 13.1 Å². The highest BCUT2D eigenvalue weighted by atomic mass is 15.0. The largest absolute Gasteiger partial charge is 0.329 e. The van der Waals surface area contributed by atoms with Gasteiger partial charge in [0.2, 0.25) is 0 Å². The number of hydrazine groups is 1. The van der Waals surface area contributed by atoms with Gasteiger partial charge in [0.1, 0.15) is 0 Å². The topological polar surface area (TPSA) is 90.1 Å². The number of hydrogen-bond acceptors (Lipinski definition) is 4. The maximum absolute atomic E-state index is 5.57. The summed E-state index contributed by atoms with van der Waals surface area (Å²) in [6.45, 7) is 1.46. The van der Waals surface area contributed by atoms with Gasteiger partial charge >= 0.3 is 0 Å². The van der Waals surface area contributed by atoms with Crippen molar-refractivity contribution in [2.24, 2.45) is 17.4 Å². The zero-order valence-electron chi connectivity index (χ0n) is 11.0. The minimum Gasteiger partial charge on any atom is -0.329 e. The Hall–Kier alpha value is -1.72. The highest BCUT2D eigenvalue weighted by Gasteiger charge is 2.11. The molecule has 0 bridgehead atoms. The maximum atomic E-state index is 5.57. The van der Waals surface area contributed by atoms with Gasteiger partial charge in [-0.1, -0.05) is 60.7 Å². The predicted octanol–water partition coefficient (Wildman–Crippen LogP) is 1.14. The molecule has 0 unspecified atom stereocenters. The van der Waals surface area contributed by atoms with Crippen molar-refractivity contribution >= 4 is 0 Å². The average Bonchev–Trinajstić information content (AvgIpc) is 2.52. The number of nitrogens with two attached hydrogens (primary N) is 3. The van der Waals surface area contributed by atoms with Crippen LogP contribution >= 0.6 is 0 Å². The Labute approximate surface area is 114 Å². The lowest BCUT2D eigenvalue weighted by molar-refractivity contribution is 0.612. The van der Waals surface area contributed by atoms with E-state index in [1.807, 2.05) is 12.1 Å². The molecule has 4 heteroatoms. The molecule has 19 heavy (non-hydrogen) atoms. The summed E-state index contributed by atoms with van der Waals surface area (Å²) in [7, 11) is 0. The average molecular weight is 258 g/mol. The molecule has 0 saturated heterocycles. The molecule has 2 aromatic carbocycles. The van der Waals surface area contributed by atoms with E-state index >= 15 is 0 Å². The van der Waals surface area contributed by atoms with E-state index < -0.39 is 0 Å². The summed E-state index contributed by atoms with van der Waals surface area (Å²) in [5.74, 6) is 8.00. The minimum atomic E-state index is 0.223. The van der Waals surface area contributed by atoms with Crippen LogP contribution in [0.2, 0.25) is 0 Å². The number of nitrogens with one attached hydrogen (secondary N) is 1. The van der Waals surface area contributed by atoms with Gasteiger partial charge < -0.3 is 11.1 Å². The van der Waals surface area contributed by atoms with E-state index in [9.17, 15) is 0 Å². The molecule has 0 saturated carbocycles. The molecule has 4 nitrogen and oxygen atoms in total. The maximum Gasteiger partial charge on any atom is 0.0577 e. The number of benzene rings is 2. The smallest absolute Gasteiger partial charge is 0.0577 e. The molecule has 0 aliphatic heterocycles. The monoisotopic (exact) mass is 258 g/mol. The summed E-state index contributed by atoms with van der Waals surface area (Å²) in [6, 6.07) is 21.1. The van der Waals surface area contributed by atoms with E-state index in [1.165, 1.54) is 11.1 Å². The van der Waals surface area contributed by atoms with Crippen LogP contribution in [0.1, 0.15) is 17.2 Å². The second-order valence-corrected chi connectivity index (χ2v) is 4.00. The summed E-state index contributed by atoms with van der Waals surface area (Å²) >= 11 is 0. The van der Waals surface area contributed by atoms with Gasteiger partial charge in [-0.25, -0.2) is 0 Å². The van der Waals surface area contributed by atoms with E-state index in [0.717, 1.165) is 6.54 Å². The Morgan fingerprint density at radius 1 is 0.789 bits per heavy atom. The Kier molecular flexibility index (Phi) is 7.46. The summed E-state index contributed by atoms with van der Waals surface area (Å²) in [4.78, 5) is 0. The Bertz CT molecular complexity index is 391. The van der Waals surface area contributed by atoms with Crippen LogP contribution in [0.4, 0.5) is 0 Å². The van der Waals surface area contributed by atoms with Crippen LogP contribution in [0.15, 0.2) is 60.7 Å². The van der Waals surface area contributed by atoms with Crippen molar-refractivity contribution in [3.63, 3.8) is 0 Å². The summed E-state index contributed by atoms with van der Waals surface area (Å²) in [6.07, 6.45) is 0. The van der Waals surface area contributed by atoms with Gasteiger partial charge in [0.05, 0.1) is 6.04 Å². The third-order valence-electron chi connectivity index (χ3n) is 2.76. The molecule has 0 aromatic heterocycles. The van der Waals surface area contributed by atoms with Crippen molar-refractivity contribution in [3.05, 3.63) is 71.8 Å². The zero-order valence-corrected chi connectivity index (χ0v) is 11.0. The highest BCUT2D eigenvalue weighted by molar-refractivity contribution is 5.31. The molecular formula is C15H22N4. The molecule has 0 amide bonds. The molecule has 102 valence electrons. The first-order valence-corrected chi connectivity index (χ1v) is 6.28. The van der Waals surface area contributed by atoms with Crippen LogP contribution < -0.4 is 22.7 Å². The van der Waals surface area contributed by atoms with Crippen molar-refractivity contribution in [1.82, 2.24) is 5.32 Å². The minimum absolute atomic E-state index is 0.223. The van der Waals surface area contributed by atoms with Crippen LogP contribution in [0.3, 0.4) is 0 Å². The van der Waals surface area contributed by atoms with Crippen molar-refractivity contribution < 1.29 is 0 Å². The molecular weight excluding hydrogens is 236 g/mol. The van der Waals surface area contributed by atoms with Crippen LogP contribution in [0, 0.1) is 0 Å². The predicted molar refractivity (Wildman–Crippen MR) is 80.2 cm³/mol. The fourth-order valence-corrected chi connectivity index (χ4v) is 1.95. The fraction of sp³-hybridized carbons (Fsp3) is 0.200. The molecule has 2 rings (SSSR count). The molecule has 0 aliphatic carbocycles. The van der Waals surface area contributed by atoms with E-state index in [1.54, 1.807) is 0 Å². The standard InChI is InChI=1S/C15H18N2.H4N2/c16-11-12-17-15(13-7-3-1-4-8-13)14-9-5-2-6-10-14;1-2/h1-10,15,17H,11-12,16H2;1-2H2. The van der Waals surface area contributed by atoms with E-state index in [0.29, 0.717) is 6.54 Å². The highest BCUT2D eigenvalue weighted by Crippen LogP contribution is 2.21. The van der Waals surface area contributed by atoms with Crippen LogP contribution in [0.25, 0.3) is 0 Å². The van der Waals surface area contributed by atoms with Crippen LogP contribution in [-0.2, 0) is 0 Å². The first-order valence-electron chi connectivity index (χ1n) is 6.28. The molecule has 0 heterocycles. The van der Waals surface area contributed by atoms with E-state index in [-0.39, 0.29) is 6.04 Å². The molecule has 0 aliphatic rings. The third kappa shape index (κ3) is 4.81. The van der Waals surface area contributed by atoms with Gasteiger partial charge in [-0.15, -0.1) is 0 Å². The molecule has 0 spiro atoms. The number of hydrogen-bond donors (Lipinski definition) is 4. The van der Waals surface area contributed by atoms with Crippen molar-refractivity contribution in [2.75, 3.05) is 13.1 Å². The Morgan fingerprint density at radius 3 is 1.58 bits per heavy atom. The molecule has 7 N–H and O–H groups in total. The SMILES string of the molecule is NCCNC(c1ccccc1)c1ccccc1.NN. The van der Waals surface area contributed by atoms with Crippen molar-refractivity contribution in [2.45, 2.75) is 6.04 Å². The van der Waals surface area contributed by atoms with Crippen molar-refractivity contribution in [1.29, 1.82) is 0 Å². The zero-order chi connectivity index (χ0) is 13.9. The lowest BCUT2D eigenvalue weighted by Crippen LogP contribution is -2.27. The van der Waals surface area contributed by atoms with Gasteiger partial charge in [-0.2, -0.15) is 0 Å². The normalized spacial score (nSPS) is 9.89. The molecule has 0 fully saturated rings. The summed E-state index contributed by atoms with van der Waals surface area (Å²) in [5.41, 5.74) is 8.11. The molecule has 0 radical (unpaired) electrons. The lowest BCUT2D eigenvalue weighted by atomic mass is 9.99. The number of rotatable bonds is 5. The summed E-state index contributed by atoms with van der Waals surface area (Å²) in [5, 5.41) is 3.48. The fourth-order valence-electron chi connectivity index (χ4n) is 1.95. The lowest BCUT2D eigenvalue weighted by Gasteiger charge is -2.19. The van der Waals surface area contributed by atoms with Gasteiger partial charge in [0.25, 0.3) is 0 Å². The van der Waals surface area contributed by atoms with Gasteiger partial charge in [0.15, 0.2) is 0 Å². The summed E-state index contributed by atoms with van der Waals surface area (Å²) < 4.78 is 0. The van der Waals surface area contributed by atoms with Crippen LogP contribution in [0.5, 0.6) is 0 Å². The van der Waals surface area contributed by atoms with Crippen LogP contribution in [-0.4, -0.2) is 13.1 Å². The first-order chi connectivity index (χ1) is 9.42. The van der Waals surface area contributed by atoms with Gasteiger partial charge in [-0.3, -0.25) is 11.7 Å². The van der Waals surface area contributed by atoms with E-state index in [2.05, 4.69) is 65.5 Å². The Morgan fingerprint density at radius 2 is 1.21 bits per heavy atom. The Balaban J connectivity index is 0.000000861. The van der Waals surface area contributed by atoms with E-state index in [4.69, 9.17) is 5.73 Å². The second-order valence-electron chi connectivity index (χ2n) is 4.00. The molecule has 2 aromatic rings. The van der Waals surface area contributed by atoms with Gasteiger partial charge in [-0.05, 0) is 11.1 Å². The first kappa shape index (κ1) is 15.3.